The van der Waals surface area contributed by atoms with E-state index < -0.39 is 11.9 Å². The molecule has 8 heteroatoms. The first kappa shape index (κ1) is 25.5. The van der Waals surface area contributed by atoms with Crippen LogP contribution in [-0.2, 0) is 9.59 Å². The molecule has 0 saturated carbocycles. The van der Waals surface area contributed by atoms with E-state index in [1.54, 1.807) is 12.4 Å². The van der Waals surface area contributed by atoms with Crippen LogP contribution in [0.3, 0.4) is 0 Å². The highest BCUT2D eigenvalue weighted by Gasteiger charge is 2.16. The van der Waals surface area contributed by atoms with Crippen molar-refractivity contribution < 1.29 is 24.5 Å². The third kappa shape index (κ3) is 13.7. The molecule has 0 bridgehead atoms. The number of carbonyl (C=O) groups is 2. The molecule has 0 amide bonds. The van der Waals surface area contributed by atoms with Crippen LogP contribution >= 0.6 is 0 Å². The standard InChI is InChI=1S/C16H25N3O.2C2H4O2/c1-3-4-5-6-12-20-16-15(17-9-10-18-16)14-8-7-11-19(2)13-14;2*1-2(3)4/h8-10H,3-7,11-13H2,1-2H3;2*1H3,(H,3,4). The summed E-state index contributed by atoms with van der Waals surface area (Å²) < 4.78 is 5.84. The highest BCUT2D eigenvalue weighted by atomic mass is 16.5. The minimum atomic E-state index is -0.833. The van der Waals surface area contributed by atoms with Crippen LogP contribution in [0.2, 0.25) is 0 Å². The molecule has 0 atom stereocenters. The molecule has 0 aliphatic carbocycles. The lowest BCUT2D eigenvalue weighted by Gasteiger charge is -2.23. The lowest BCUT2D eigenvalue weighted by molar-refractivity contribution is -0.135. The monoisotopic (exact) mass is 395 g/mol. The van der Waals surface area contributed by atoms with Crippen LogP contribution in [0.25, 0.3) is 5.57 Å². The van der Waals surface area contributed by atoms with Gasteiger partial charge in [-0.3, -0.25) is 9.59 Å². The van der Waals surface area contributed by atoms with Crippen molar-refractivity contribution in [2.24, 2.45) is 0 Å². The zero-order chi connectivity index (χ0) is 21.4. The topological polar surface area (TPSA) is 113 Å². The minimum Gasteiger partial charge on any atom is -0.481 e. The lowest BCUT2D eigenvalue weighted by Crippen LogP contribution is -2.25. The number of carboxylic acid groups (broad SMARTS) is 2. The highest BCUT2D eigenvalue weighted by molar-refractivity contribution is 5.68. The molecule has 8 nitrogen and oxygen atoms in total. The number of nitrogens with zero attached hydrogens (tertiary/aromatic N) is 3. The number of rotatable bonds is 7. The highest BCUT2D eigenvalue weighted by Crippen LogP contribution is 2.24. The number of aliphatic carboxylic acids is 2. The van der Waals surface area contributed by atoms with Crippen molar-refractivity contribution in [2.75, 3.05) is 26.7 Å². The maximum absolute atomic E-state index is 9.00. The minimum absolute atomic E-state index is 0.686. The number of aromatic nitrogens is 2. The Morgan fingerprint density at radius 2 is 1.71 bits per heavy atom. The van der Waals surface area contributed by atoms with Crippen molar-refractivity contribution in [3.63, 3.8) is 0 Å². The third-order valence-electron chi connectivity index (χ3n) is 3.55. The second-order valence-corrected chi connectivity index (χ2v) is 6.41. The summed E-state index contributed by atoms with van der Waals surface area (Å²) in [7, 11) is 2.13. The average Bonchev–Trinajstić information content (AvgIpc) is 2.61. The predicted octanol–water partition coefficient (Wildman–Crippen LogP) is 3.34. The van der Waals surface area contributed by atoms with Gasteiger partial charge in [-0.1, -0.05) is 32.3 Å². The molecule has 0 saturated heterocycles. The van der Waals surface area contributed by atoms with Gasteiger partial charge in [-0.25, -0.2) is 9.97 Å². The second-order valence-electron chi connectivity index (χ2n) is 6.41. The molecule has 2 rings (SSSR count). The maximum atomic E-state index is 9.00. The molecular weight excluding hydrogens is 362 g/mol. The Bertz CT molecular complexity index is 600. The molecule has 158 valence electrons. The fraction of sp³-hybridized carbons (Fsp3) is 0.600. The van der Waals surface area contributed by atoms with E-state index in [4.69, 9.17) is 24.5 Å². The van der Waals surface area contributed by atoms with Gasteiger partial charge < -0.3 is 19.8 Å². The summed E-state index contributed by atoms with van der Waals surface area (Å²) in [5.74, 6) is -0.981. The van der Waals surface area contributed by atoms with Crippen LogP contribution in [0, 0.1) is 0 Å². The number of carboxylic acids is 2. The summed E-state index contributed by atoms with van der Waals surface area (Å²) in [6.07, 6.45) is 11.6. The molecule has 2 N–H and O–H groups in total. The van der Waals surface area contributed by atoms with Gasteiger partial charge in [-0.2, -0.15) is 0 Å². The Morgan fingerprint density at radius 1 is 1.11 bits per heavy atom. The fourth-order valence-electron chi connectivity index (χ4n) is 2.41. The Labute approximate surface area is 167 Å². The van der Waals surface area contributed by atoms with E-state index in [1.165, 1.54) is 24.8 Å². The van der Waals surface area contributed by atoms with E-state index in [9.17, 15) is 0 Å². The van der Waals surface area contributed by atoms with Gasteiger partial charge in [-0.05, 0) is 25.5 Å². The van der Waals surface area contributed by atoms with Crippen molar-refractivity contribution in [1.29, 1.82) is 0 Å². The van der Waals surface area contributed by atoms with Crippen molar-refractivity contribution in [3.8, 4) is 5.88 Å². The molecule has 0 aromatic carbocycles. The summed E-state index contributed by atoms with van der Waals surface area (Å²) in [4.78, 5) is 29.1. The largest absolute Gasteiger partial charge is 0.481 e. The lowest BCUT2D eigenvalue weighted by atomic mass is 10.1. The smallest absolute Gasteiger partial charge is 0.300 e. The first-order valence-corrected chi connectivity index (χ1v) is 9.48. The molecule has 0 unspecified atom stereocenters. The molecule has 1 aromatic rings. The Hall–Kier alpha value is -2.48. The molecule has 1 aromatic heterocycles. The van der Waals surface area contributed by atoms with E-state index in [-0.39, 0.29) is 0 Å². The fourth-order valence-corrected chi connectivity index (χ4v) is 2.41. The Kier molecular flexibility index (Phi) is 14.2. The number of unbranched alkanes of at least 4 members (excludes halogenated alkanes) is 3. The number of hydrogen-bond acceptors (Lipinski definition) is 6. The second kappa shape index (κ2) is 15.6. The van der Waals surface area contributed by atoms with Crippen LogP contribution in [0.4, 0.5) is 0 Å². The van der Waals surface area contributed by atoms with Crippen molar-refractivity contribution in [2.45, 2.75) is 52.9 Å². The van der Waals surface area contributed by atoms with E-state index in [2.05, 4.69) is 34.9 Å². The molecular formula is C20H33N3O5. The first-order valence-electron chi connectivity index (χ1n) is 9.48. The van der Waals surface area contributed by atoms with Gasteiger partial charge in [-0.15, -0.1) is 0 Å². The van der Waals surface area contributed by atoms with Crippen LogP contribution < -0.4 is 4.74 Å². The average molecular weight is 396 g/mol. The van der Waals surface area contributed by atoms with E-state index in [0.717, 1.165) is 52.1 Å². The molecule has 0 radical (unpaired) electrons. The van der Waals surface area contributed by atoms with Gasteiger partial charge in [0.2, 0.25) is 5.88 Å². The molecule has 28 heavy (non-hydrogen) atoms. The van der Waals surface area contributed by atoms with Crippen LogP contribution in [0.15, 0.2) is 18.5 Å². The summed E-state index contributed by atoms with van der Waals surface area (Å²) in [5, 5.41) is 14.8. The van der Waals surface area contributed by atoms with Crippen LogP contribution in [0.5, 0.6) is 5.88 Å². The SMILES string of the molecule is CC(=O)O.CC(=O)O.CCCCCCOc1nccnc1C1=CCCN(C)C1. The van der Waals surface area contributed by atoms with Gasteiger partial charge in [0.25, 0.3) is 11.9 Å². The quantitative estimate of drug-likeness (QED) is 0.676. The van der Waals surface area contributed by atoms with Gasteiger partial charge in [0.15, 0.2) is 0 Å². The van der Waals surface area contributed by atoms with Crippen molar-refractivity contribution in [1.82, 2.24) is 14.9 Å². The Morgan fingerprint density at radius 3 is 2.29 bits per heavy atom. The first-order chi connectivity index (χ1) is 13.3. The molecule has 1 aliphatic heterocycles. The molecule has 2 heterocycles. The van der Waals surface area contributed by atoms with E-state index in [1.807, 2.05) is 0 Å². The molecule has 1 aliphatic rings. The number of likely N-dealkylation sites (N-methyl/N-ethyl adjacent to an activating group) is 1. The molecule has 0 fully saturated rings. The van der Waals surface area contributed by atoms with Crippen molar-refractivity contribution in [3.05, 3.63) is 24.2 Å². The summed E-state index contributed by atoms with van der Waals surface area (Å²) in [6, 6.07) is 0. The van der Waals surface area contributed by atoms with E-state index in [0.29, 0.717) is 5.88 Å². The van der Waals surface area contributed by atoms with Crippen molar-refractivity contribution >= 4 is 17.5 Å². The third-order valence-corrected chi connectivity index (χ3v) is 3.55. The zero-order valence-corrected chi connectivity index (χ0v) is 17.3. The van der Waals surface area contributed by atoms with Gasteiger partial charge >= 0.3 is 0 Å². The summed E-state index contributed by atoms with van der Waals surface area (Å²) >= 11 is 0. The zero-order valence-electron chi connectivity index (χ0n) is 17.3. The van der Waals surface area contributed by atoms with E-state index >= 15 is 0 Å². The van der Waals surface area contributed by atoms with Crippen LogP contribution in [-0.4, -0.2) is 63.8 Å². The number of ether oxygens (including phenoxy) is 1. The summed E-state index contributed by atoms with van der Waals surface area (Å²) in [6.45, 7) is 7.14. The Balaban J connectivity index is 0.000000776. The van der Waals surface area contributed by atoms with Gasteiger partial charge in [0.1, 0.15) is 5.69 Å². The van der Waals surface area contributed by atoms with Gasteiger partial charge in [0.05, 0.1) is 6.61 Å². The predicted molar refractivity (Wildman–Crippen MR) is 108 cm³/mol. The molecule has 0 spiro atoms. The maximum Gasteiger partial charge on any atom is 0.300 e. The number of hydrogen-bond donors (Lipinski definition) is 2. The van der Waals surface area contributed by atoms with Gasteiger partial charge in [0, 0.05) is 39.3 Å². The van der Waals surface area contributed by atoms with Crippen LogP contribution in [0.1, 0.15) is 58.6 Å². The normalized spacial score (nSPS) is 13.2. The summed E-state index contributed by atoms with van der Waals surface area (Å²) in [5.41, 5.74) is 2.14.